The van der Waals surface area contributed by atoms with Crippen LogP contribution in [0.25, 0.3) is 22.2 Å². The number of benzene rings is 2. The fourth-order valence-corrected chi connectivity index (χ4v) is 3.72. The van der Waals surface area contributed by atoms with Gasteiger partial charge in [-0.15, -0.1) is 0 Å². The van der Waals surface area contributed by atoms with Gasteiger partial charge < -0.3 is 9.67 Å². The van der Waals surface area contributed by atoms with Gasteiger partial charge in [0.1, 0.15) is 6.54 Å². The van der Waals surface area contributed by atoms with Crippen molar-refractivity contribution in [2.75, 3.05) is 0 Å². The number of hydrogen-bond donors (Lipinski definition) is 1. The smallest absolute Gasteiger partial charge is 0.323 e. The molecule has 6 heteroatoms. The maximum atomic E-state index is 12.3. The van der Waals surface area contributed by atoms with Gasteiger partial charge in [-0.1, -0.05) is 48.5 Å². The first kappa shape index (κ1) is 18.7. The minimum Gasteiger partial charge on any atom is -0.480 e. The zero-order valence-electron chi connectivity index (χ0n) is 16.1. The minimum absolute atomic E-state index is 0.125. The second-order valence-corrected chi connectivity index (χ2v) is 6.97. The van der Waals surface area contributed by atoms with Crippen molar-refractivity contribution in [3.8, 4) is 11.3 Å². The molecule has 0 radical (unpaired) electrons. The molecule has 4 rings (SSSR count). The lowest BCUT2D eigenvalue weighted by Crippen LogP contribution is -2.23. The Hall–Kier alpha value is -3.67. The fourth-order valence-electron chi connectivity index (χ4n) is 3.72. The number of carbonyl (C=O) groups is 1. The van der Waals surface area contributed by atoms with E-state index in [9.17, 15) is 14.7 Å². The molecule has 2 aromatic heterocycles. The Bertz CT molecular complexity index is 1240. The lowest BCUT2D eigenvalue weighted by atomic mass is 10.1. The Kier molecular flexibility index (Phi) is 4.99. The molecule has 2 aromatic carbocycles. The lowest BCUT2D eigenvalue weighted by molar-refractivity contribution is -0.137. The van der Waals surface area contributed by atoms with Gasteiger partial charge in [-0.3, -0.25) is 9.59 Å². The van der Waals surface area contributed by atoms with E-state index in [2.05, 4.69) is 5.10 Å². The van der Waals surface area contributed by atoms with Crippen molar-refractivity contribution >= 4 is 16.9 Å². The van der Waals surface area contributed by atoms with Crippen molar-refractivity contribution in [3.05, 3.63) is 88.3 Å². The molecule has 146 valence electrons. The number of carboxylic acid groups (broad SMARTS) is 1. The number of fused-ring (bicyclic) bond motifs is 1. The summed E-state index contributed by atoms with van der Waals surface area (Å²) in [4.78, 5) is 23.7. The van der Waals surface area contributed by atoms with E-state index in [1.54, 1.807) is 10.6 Å². The van der Waals surface area contributed by atoms with E-state index in [1.807, 2.05) is 61.5 Å². The van der Waals surface area contributed by atoms with Gasteiger partial charge in [-0.25, -0.2) is 4.68 Å². The third-order valence-electron chi connectivity index (χ3n) is 5.10. The Labute approximate surface area is 167 Å². The number of para-hydroxylation sites is 1. The number of nitrogens with zero attached hydrogens (tertiary/aromatic N) is 3. The molecule has 2 heterocycles. The normalized spacial score (nSPS) is 11.1. The first-order valence-corrected chi connectivity index (χ1v) is 9.46. The van der Waals surface area contributed by atoms with E-state index in [4.69, 9.17) is 0 Å². The van der Waals surface area contributed by atoms with Crippen LogP contribution in [0.15, 0.2) is 71.5 Å². The zero-order valence-corrected chi connectivity index (χ0v) is 16.1. The highest BCUT2D eigenvalue weighted by Crippen LogP contribution is 2.33. The Morgan fingerprint density at radius 1 is 1.00 bits per heavy atom. The number of aryl methyl sites for hydroxylation is 2. The molecule has 0 amide bonds. The number of aliphatic carboxylic acids is 1. The summed E-state index contributed by atoms with van der Waals surface area (Å²) in [6, 6.07) is 20.9. The van der Waals surface area contributed by atoms with E-state index in [0.29, 0.717) is 18.7 Å². The third-order valence-corrected chi connectivity index (χ3v) is 5.10. The largest absolute Gasteiger partial charge is 0.480 e. The van der Waals surface area contributed by atoms with E-state index in [-0.39, 0.29) is 12.1 Å². The number of rotatable bonds is 6. The van der Waals surface area contributed by atoms with Gasteiger partial charge in [0.25, 0.3) is 5.56 Å². The maximum absolute atomic E-state index is 12.3. The Morgan fingerprint density at radius 3 is 2.48 bits per heavy atom. The van der Waals surface area contributed by atoms with Gasteiger partial charge in [-0.05, 0) is 31.0 Å². The molecular formula is C23H21N3O3. The average Bonchev–Trinajstić information content (AvgIpc) is 2.99. The minimum atomic E-state index is -0.902. The molecule has 0 saturated carbocycles. The Balaban J connectivity index is 1.77. The van der Waals surface area contributed by atoms with E-state index in [1.165, 1.54) is 10.7 Å². The predicted molar refractivity (Wildman–Crippen MR) is 112 cm³/mol. The monoisotopic (exact) mass is 387 g/mol. The molecule has 29 heavy (non-hydrogen) atoms. The molecule has 0 aliphatic heterocycles. The Morgan fingerprint density at radius 2 is 1.72 bits per heavy atom. The first-order chi connectivity index (χ1) is 14.0. The first-order valence-electron chi connectivity index (χ1n) is 9.46. The second kappa shape index (κ2) is 7.75. The molecule has 0 bridgehead atoms. The lowest BCUT2D eigenvalue weighted by Gasteiger charge is -2.08. The van der Waals surface area contributed by atoms with E-state index in [0.717, 1.165) is 27.7 Å². The maximum Gasteiger partial charge on any atom is 0.323 e. The van der Waals surface area contributed by atoms with E-state index < -0.39 is 5.97 Å². The van der Waals surface area contributed by atoms with Crippen LogP contribution in [0.2, 0.25) is 0 Å². The van der Waals surface area contributed by atoms with Crippen LogP contribution in [-0.4, -0.2) is 25.4 Å². The molecule has 0 atom stereocenters. The highest BCUT2D eigenvalue weighted by atomic mass is 16.4. The number of carboxylic acids is 1. The van der Waals surface area contributed by atoms with Crippen LogP contribution in [0.3, 0.4) is 0 Å². The molecule has 1 N–H and O–H groups in total. The zero-order chi connectivity index (χ0) is 20.4. The molecule has 0 aliphatic rings. The van der Waals surface area contributed by atoms with Gasteiger partial charge in [0.2, 0.25) is 0 Å². The second-order valence-electron chi connectivity index (χ2n) is 6.97. The summed E-state index contributed by atoms with van der Waals surface area (Å²) >= 11 is 0. The van der Waals surface area contributed by atoms with Crippen molar-refractivity contribution in [2.24, 2.45) is 0 Å². The van der Waals surface area contributed by atoms with Crippen LogP contribution >= 0.6 is 0 Å². The topological polar surface area (TPSA) is 77.1 Å². The van der Waals surface area contributed by atoms with Crippen molar-refractivity contribution in [1.82, 2.24) is 14.3 Å². The van der Waals surface area contributed by atoms with Gasteiger partial charge in [0.15, 0.2) is 0 Å². The quantitative estimate of drug-likeness (QED) is 0.549. The molecule has 0 aliphatic carbocycles. The molecule has 0 unspecified atom stereocenters. The number of aromatic nitrogens is 3. The highest BCUT2D eigenvalue weighted by molar-refractivity contribution is 5.97. The van der Waals surface area contributed by atoms with Crippen molar-refractivity contribution in [1.29, 1.82) is 0 Å². The summed E-state index contributed by atoms with van der Waals surface area (Å²) < 4.78 is 3.25. The summed E-state index contributed by atoms with van der Waals surface area (Å²) in [5.74, 6) is -0.902. The van der Waals surface area contributed by atoms with Crippen molar-refractivity contribution in [3.63, 3.8) is 0 Å². The van der Waals surface area contributed by atoms with Crippen LogP contribution in [0, 0.1) is 6.92 Å². The van der Waals surface area contributed by atoms with E-state index >= 15 is 0 Å². The third kappa shape index (κ3) is 3.69. The summed E-state index contributed by atoms with van der Waals surface area (Å²) in [6.07, 6.45) is 0.705. The van der Waals surface area contributed by atoms with Gasteiger partial charge in [0, 0.05) is 34.8 Å². The molecule has 0 saturated heterocycles. The fraction of sp³-hybridized carbons (Fsp3) is 0.174. The van der Waals surface area contributed by atoms with Crippen LogP contribution < -0.4 is 5.56 Å². The SMILES string of the molecule is Cc1c(-c2ccc(=O)n(CCc3ccccc3)n2)c2ccccc2n1CC(=O)O. The summed E-state index contributed by atoms with van der Waals surface area (Å²) in [5.41, 5.74) is 4.16. The number of hydrogen-bond acceptors (Lipinski definition) is 3. The molecule has 0 spiro atoms. The van der Waals surface area contributed by atoms with Crippen LogP contribution in [0.5, 0.6) is 0 Å². The van der Waals surface area contributed by atoms with Crippen LogP contribution in [-0.2, 0) is 24.3 Å². The predicted octanol–water partition coefficient (Wildman–Crippen LogP) is 3.50. The van der Waals surface area contributed by atoms with Crippen LogP contribution in [0.1, 0.15) is 11.3 Å². The van der Waals surface area contributed by atoms with Gasteiger partial charge in [0.05, 0.1) is 5.69 Å². The van der Waals surface area contributed by atoms with Crippen molar-refractivity contribution < 1.29 is 9.90 Å². The highest BCUT2D eigenvalue weighted by Gasteiger charge is 2.18. The molecule has 4 aromatic rings. The molecular weight excluding hydrogens is 366 g/mol. The van der Waals surface area contributed by atoms with Crippen molar-refractivity contribution in [2.45, 2.75) is 26.4 Å². The molecule has 0 fully saturated rings. The van der Waals surface area contributed by atoms with Crippen LogP contribution in [0.4, 0.5) is 0 Å². The van der Waals surface area contributed by atoms with Gasteiger partial charge >= 0.3 is 5.97 Å². The summed E-state index contributed by atoms with van der Waals surface area (Å²) in [6.45, 7) is 2.24. The summed E-state index contributed by atoms with van der Waals surface area (Å²) in [7, 11) is 0. The van der Waals surface area contributed by atoms with Gasteiger partial charge in [-0.2, -0.15) is 5.10 Å². The standard InChI is InChI=1S/C23H21N3O3/c1-16-23(18-9-5-6-10-20(18)25(16)15-22(28)29)19-11-12-21(27)26(24-19)14-13-17-7-3-2-4-8-17/h2-12H,13-15H2,1H3,(H,28,29). The summed E-state index contributed by atoms with van der Waals surface area (Å²) in [5, 5.41) is 14.8. The average molecular weight is 387 g/mol. The molecule has 6 nitrogen and oxygen atoms in total.